The van der Waals surface area contributed by atoms with Gasteiger partial charge in [0.25, 0.3) is 5.91 Å². The SMILES string of the molecule is CS(=O)(=O)N1CCC(c2ccc(Nc3ncc4c(n3)OCN(c3c(Cl)cccc3Cl)C4=O)cc2)CC1. The van der Waals surface area contributed by atoms with E-state index in [1.54, 1.807) is 18.2 Å². The maximum atomic E-state index is 13.0. The average Bonchev–Trinajstić information content (AvgIpc) is 2.85. The Kier molecular flexibility index (Phi) is 6.78. The molecule has 3 heterocycles. The van der Waals surface area contributed by atoms with Crippen molar-refractivity contribution in [3.63, 3.8) is 0 Å². The number of sulfonamides is 1. The Balaban J connectivity index is 1.26. The highest BCUT2D eigenvalue weighted by molar-refractivity contribution is 7.88. The van der Waals surface area contributed by atoms with Crippen LogP contribution < -0.4 is 15.0 Å². The van der Waals surface area contributed by atoms with E-state index in [-0.39, 0.29) is 24.1 Å². The largest absolute Gasteiger partial charge is 0.455 e. The normalized spacial score (nSPS) is 17.0. The third kappa shape index (κ3) is 4.99. The number of aromatic nitrogens is 2. The zero-order valence-corrected chi connectivity index (χ0v) is 21.6. The lowest BCUT2D eigenvalue weighted by atomic mass is 9.90. The second-order valence-corrected chi connectivity index (χ2v) is 11.5. The summed E-state index contributed by atoms with van der Waals surface area (Å²) >= 11 is 12.5. The van der Waals surface area contributed by atoms with Crippen LogP contribution in [0.3, 0.4) is 0 Å². The number of carbonyl (C=O) groups is 1. The monoisotopic (exact) mass is 547 g/mol. The van der Waals surface area contributed by atoms with Crippen LogP contribution in [0.1, 0.15) is 34.7 Å². The number of anilines is 3. The minimum atomic E-state index is -3.14. The van der Waals surface area contributed by atoms with Gasteiger partial charge in [-0.1, -0.05) is 41.4 Å². The first-order chi connectivity index (χ1) is 17.2. The summed E-state index contributed by atoms with van der Waals surface area (Å²) in [5.74, 6) is 0.418. The van der Waals surface area contributed by atoms with E-state index in [2.05, 4.69) is 15.3 Å². The molecule has 1 N–H and O–H groups in total. The number of rotatable bonds is 5. The van der Waals surface area contributed by atoms with E-state index in [1.165, 1.54) is 21.7 Å². The van der Waals surface area contributed by atoms with E-state index in [4.69, 9.17) is 27.9 Å². The van der Waals surface area contributed by atoms with Gasteiger partial charge in [-0.25, -0.2) is 17.7 Å². The molecule has 1 aromatic heterocycles. The Morgan fingerprint density at radius 1 is 1.06 bits per heavy atom. The molecule has 0 unspecified atom stereocenters. The van der Waals surface area contributed by atoms with Crippen molar-refractivity contribution in [2.45, 2.75) is 18.8 Å². The molecule has 2 aliphatic rings. The van der Waals surface area contributed by atoms with Crippen LogP contribution in [-0.4, -0.2) is 54.7 Å². The summed E-state index contributed by atoms with van der Waals surface area (Å²) in [7, 11) is -3.14. The van der Waals surface area contributed by atoms with Gasteiger partial charge in [-0.3, -0.25) is 9.69 Å². The summed E-state index contributed by atoms with van der Waals surface area (Å²) in [5.41, 5.74) is 2.52. The fourth-order valence-electron chi connectivity index (χ4n) is 4.41. The van der Waals surface area contributed by atoms with Crippen molar-refractivity contribution in [3.05, 3.63) is 69.8 Å². The Morgan fingerprint density at radius 2 is 1.72 bits per heavy atom. The number of benzene rings is 2. The first kappa shape index (κ1) is 24.8. The molecule has 3 aromatic rings. The summed E-state index contributed by atoms with van der Waals surface area (Å²) in [6, 6.07) is 12.9. The number of piperidine rings is 1. The van der Waals surface area contributed by atoms with E-state index in [1.807, 2.05) is 24.3 Å². The van der Waals surface area contributed by atoms with Crippen LogP contribution in [-0.2, 0) is 10.0 Å². The maximum Gasteiger partial charge on any atom is 0.268 e. The van der Waals surface area contributed by atoms with Crippen molar-refractivity contribution < 1.29 is 17.9 Å². The number of amides is 1. The molecule has 2 aliphatic heterocycles. The zero-order chi connectivity index (χ0) is 25.4. The summed E-state index contributed by atoms with van der Waals surface area (Å²) in [4.78, 5) is 23.0. The minimum Gasteiger partial charge on any atom is -0.455 e. The summed E-state index contributed by atoms with van der Waals surface area (Å²) < 4.78 is 30.7. The molecule has 0 aliphatic carbocycles. The van der Waals surface area contributed by atoms with Crippen molar-refractivity contribution in [2.24, 2.45) is 0 Å². The number of ether oxygens (including phenoxy) is 1. The quantitative estimate of drug-likeness (QED) is 0.495. The predicted octanol–water partition coefficient (Wildman–Crippen LogP) is 4.66. The topological polar surface area (TPSA) is 105 Å². The number of nitrogens with one attached hydrogen (secondary N) is 1. The van der Waals surface area contributed by atoms with Gasteiger partial charge in [-0.05, 0) is 48.6 Å². The molecule has 9 nitrogen and oxygen atoms in total. The minimum absolute atomic E-state index is 0.0847. The number of fused-ring (bicyclic) bond motifs is 1. The molecule has 2 aromatic carbocycles. The highest BCUT2D eigenvalue weighted by atomic mass is 35.5. The van der Waals surface area contributed by atoms with E-state index in [9.17, 15) is 13.2 Å². The fraction of sp³-hybridized carbons (Fsp3) is 0.292. The van der Waals surface area contributed by atoms with Crippen LogP contribution in [0.4, 0.5) is 17.3 Å². The first-order valence-corrected chi connectivity index (χ1v) is 13.9. The van der Waals surface area contributed by atoms with Gasteiger partial charge < -0.3 is 10.1 Å². The van der Waals surface area contributed by atoms with Crippen LogP contribution in [0.15, 0.2) is 48.7 Å². The zero-order valence-electron chi connectivity index (χ0n) is 19.3. The maximum absolute atomic E-state index is 13.0. The summed E-state index contributed by atoms with van der Waals surface area (Å²) in [6.45, 7) is 0.981. The fourth-order valence-corrected chi connectivity index (χ4v) is 5.89. The Labute approximate surface area is 219 Å². The third-order valence-electron chi connectivity index (χ3n) is 6.33. The van der Waals surface area contributed by atoms with E-state index >= 15 is 0 Å². The van der Waals surface area contributed by atoms with Gasteiger partial charge in [0.15, 0.2) is 6.73 Å². The average molecular weight is 548 g/mol. The van der Waals surface area contributed by atoms with Gasteiger partial charge in [-0.2, -0.15) is 4.98 Å². The summed E-state index contributed by atoms with van der Waals surface area (Å²) in [6.07, 6.45) is 4.24. The molecule has 1 amide bonds. The van der Waals surface area contributed by atoms with Crippen molar-refractivity contribution in [3.8, 4) is 5.88 Å². The molecular formula is C24H23Cl2N5O4S. The van der Waals surface area contributed by atoms with Gasteiger partial charge in [0.1, 0.15) is 5.56 Å². The lowest BCUT2D eigenvalue weighted by Gasteiger charge is -2.30. The Bertz CT molecular complexity index is 1390. The lowest BCUT2D eigenvalue weighted by molar-refractivity contribution is 0.0932. The summed E-state index contributed by atoms with van der Waals surface area (Å²) in [5, 5.41) is 3.81. The predicted molar refractivity (Wildman–Crippen MR) is 139 cm³/mol. The van der Waals surface area contributed by atoms with E-state index in [0.29, 0.717) is 40.7 Å². The number of para-hydroxylation sites is 1. The van der Waals surface area contributed by atoms with Crippen molar-refractivity contribution in [1.82, 2.24) is 14.3 Å². The number of halogens is 2. The molecule has 188 valence electrons. The van der Waals surface area contributed by atoms with E-state index in [0.717, 1.165) is 24.1 Å². The molecule has 0 spiro atoms. The van der Waals surface area contributed by atoms with Crippen molar-refractivity contribution in [1.29, 1.82) is 0 Å². The molecule has 5 rings (SSSR count). The van der Waals surface area contributed by atoms with Gasteiger partial charge in [-0.15, -0.1) is 0 Å². The lowest BCUT2D eigenvalue weighted by Crippen LogP contribution is -2.39. The van der Waals surface area contributed by atoms with Crippen LogP contribution in [0.5, 0.6) is 5.88 Å². The number of carbonyl (C=O) groups excluding carboxylic acids is 1. The molecule has 12 heteroatoms. The Morgan fingerprint density at radius 3 is 2.36 bits per heavy atom. The number of hydrogen-bond acceptors (Lipinski definition) is 7. The highest BCUT2D eigenvalue weighted by Crippen LogP contribution is 2.37. The smallest absolute Gasteiger partial charge is 0.268 e. The van der Waals surface area contributed by atoms with Gasteiger partial charge in [0, 0.05) is 25.0 Å². The molecule has 0 bridgehead atoms. The Hall–Kier alpha value is -2.92. The molecular weight excluding hydrogens is 525 g/mol. The standard InChI is InChI=1S/C24H23Cl2N5O4S/c1-36(33,34)30-11-9-16(10-12-30)15-5-7-17(8-6-15)28-24-27-13-18-22(29-24)35-14-31(23(18)32)21-19(25)3-2-4-20(21)26/h2-8,13,16H,9-12,14H2,1H3,(H,27,28,29). The molecule has 0 radical (unpaired) electrons. The highest BCUT2D eigenvalue weighted by Gasteiger charge is 2.31. The third-order valence-corrected chi connectivity index (χ3v) is 8.24. The molecule has 1 fully saturated rings. The van der Waals surface area contributed by atoms with Gasteiger partial charge in [0.2, 0.25) is 21.9 Å². The van der Waals surface area contributed by atoms with Gasteiger partial charge in [0.05, 0.1) is 22.0 Å². The molecule has 0 saturated carbocycles. The molecule has 1 saturated heterocycles. The van der Waals surface area contributed by atoms with Crippen molar-refractivity contribution >= 4 is 56.5 Å². The van der Waals surface area contributed by atoms with Crippen LogP contribution in [0.2, 0.25) is 10.0 Å². The number of hydrogen-bond donors (Lipinski definition) is 1. The second kappa shape index (κ2) is 9.85. The van der Waals surface area contributed by atoms with Crippen LogP contribution >= 0.6 is 23.2 Å². The molecule has 36 heavy (non-hydrogen) atoms. The van der Waals surface area contributed by atoms with E-state index < -0.39 is 10.0 Å². The second-order valence-electron chi connectivity index (χ2n) is 8.67. The van der Waals surface area contributed by atoms with Gasteiger partial charge >= 0.3 is 0 Å². The van der Waals surface area contributed by atoms with Crippen LogP contribution in [0, 0.1) is 0 Å². The first-order valence-electron chi connectivity index (χ1n) is 11.3. The molecule has 0 atom stereocenters. The number of nitrogens with zero attached hydrogens (tertiary/aromatic N) is 4. The van der Waals surface area contributed by atoms with Crippen molar-refractivity contribution in [2.75, 3.05) is 36.3 Å². The van der Waals surface area contributed by atoms with Crippen LogP contribution in [0.25, 0.3) is 0 Å².